The molecule has 7 heteroatoms. The molecule has 124 valence electrons. The number of benzene rings is 1. The Bertz CT molecular complexity index is 506. The number of hydrogen-bond donors (Lipinski definition) is 1. The fourth-order valence-electron chi connectivity index (χ4n) is 1.92. The molecular weight excluding hydrogens is 317 g/mol. The molecule has 0 atom stereocenters. The van der Waals surface area contributed by atoms with Gasteiger partial charge in [-0.3, -0.25) is 4.79 Å². The third kappa shape index (κ3) is 5.75. The highest BCUT2D eigenvalue weighted by Crippen LogP contribution is 2.36. The van der Waals surface area contributed by atoms with Gasteiger partial charge in [0, 0.05) is 37.3 Å². The Morgan fingerprint density at radius 2 is 2.05 bits per heavy atom. The van der Waals surface area contributed by atoms with Crippen LogP contribution >= 0.6 is 11.6 Å². The monoisotopic (exact) mass is 336 g/mol. The molecule has 0 aromatic heterocycles. The minimum Gasteiger partial charge on any atom is -0.384 e. The van der Waals surface area contributed by atoms with E-state index in [0.29, 0.717) is 6.54 Å². The van der Waals surface area contributed by atoms with E-state index in [2.05, 4.69) is 5.32 Å². The number of alkyl halides is 3. The summed E-state index contributed by atoms with van der Waals surface area (Å²) >= 11 is 5.61. The van der Waals surface area contributed by atoms with E-state index in [1.807, 2.05) is 6.92 Å². The van der Waals surface area contributed by atoms with Gasteiger partial charge in [0.25, 0.3) is 0 Å². The van der Waals surface area contributed by atoms with Crippen molar-refractivity contribution >= 4 is 23.2 Å². The maximum atomic E-state index is 12.9. The van der Waals surface area contributed by atoms with Crippen molar-refractivity contribution < 1.29 is 18.0 Å². The number of halogens is 4. The van der Waals surface area contributed by atoms with Gasteiger partial charge >= 0.3 is 6.18 Å². The molecule has 0 saturated heterocycles. The Hall–Kier alpha value is -1.43. The number of hydrogen-bond acceptors (Lipinski definition) is 2. The van der Waals surface area contributed by atoms with Crippen molar-refractivity contribution in [2.75, 3.05) is 25.5 Å². The summed E-state index contributed by atoms with van der Waals surface area (Å²) in [7, 11) is 1.70. The zero-order chi connectivity index (χ0) is 16.8. The Balaban J connectivity index is 2.60. The van der Waals surface area contributed by atoms with E-state index in [9.17, 15) is 18.0 Å². The number of amides is 1. The predicted molar refractivity (Wildman–Crippen MR) is 82.1 cm³/mol. The largest absolute Gasteiger partial charge is 0.418 e. The van der Waals surface area contributed by atoms with Gasteiger partial charge in [-0.25, -0.2) is 0 Å². The third-order valence-corrected chi connectivity index (χ3v) is 3.45. The van der Waals surface area contributed by atoms with Gasteiger partial charge in [-0.2, -0.15) is 13.2 Å². The van der Waals surface area contributed by atoms with E-state index in [1.54, 1.807) is 11.9 Å². The maximum Gasteiger partial charge on any atom is 0.418 e. The second-order valence-electron chi connectivity index (χ2n) is 5.03. The van der Waals surface area contributed by atoms with Crippen molar-refractivity contribution in [2.45, 2.75) is 32.4 Å². The van der Waals surface area contributed by atoms with Crippen molar-refractivity contribution in [3.05, 3.63) is 28.8 Å². The Morgan fingerprint density at radius 3 is 2.64 bits per heavy atom. The van der Waals surface area contributed by atoms with Crippen LogP contribution in [0.1, 0.15) is 31.7 Å². The SMILES string of the molecule is CCCCN(C)C(=O)CCNc1ccc(Cl)cc1C(F)(F)F. The summed E-state index contributed by atoms with van der Waals surface area (Å²) in [5.41, 5.74) is -0.896. The average molecular weight is 337 g/mol. The molecule has 0 unspecified atom stereocenters. The molecule has 1 aromatic carbocycles. The number of carbonyl (C=O) groups is 1. The number of nitrogens with zero attached hydrogens (tertiary/aromatic N) is 1. The number of rotatable bonds is 7. The molecule has 1 rings (SSSR count). The number of carbonyl (C=O) groups excluding carboxylic acids is 1. The first kappa shape index (κ1) is 18.6. The Labute approximate surface area is 133 Å². The molecule has 0 heterocycles. The summed E-state index contributed by atoms with van der Waals surface area (Å²) in [5, 5.41) is 2.68. The molecule has 1 N–H and O–H groups in total. The third-order valence-electron chi connectivity index (χ3n) is 3.21. The molecule has 0 bridgehead atoms. The predicted octanol–water partition coefficient (Wildman–Crippen LogP) is 4.42. The fourth-order valence-corrected chi connectivity index (χ4v) is 2.09. The average Bonchev–Trinajstić information content (AvgIpc) is 2.45. The number of unbranched alkanes of at least 4 members (excludes halogenated alkanes) is 1. The van der Waals surface area contributed by atoms with Crippen molar-refractivity contribution in [3.8, 4) is 0 Å². The van der Waals surface area contributed by atoms with Crippen molar-refractivity contribution in [3.63, 3.8) is 0 Å². The highest BCUT2D eigenvalue weighted by atomic mass is 35.5. The van der Waals surface area contributed by atoms with Crippen LogP contribution in [0.25, 0.3) is 0 Å². The van der Waals surface area contributed by atoms with Crippen molar-refractivity contribution in [1.82, 2.24) is 4.90 Å². The van der Waals surface area contributed by atoms with Gasteiger partial charge in [0.2, 0.25) is 5.91 Å². The van der Waals surface area contributed by atoms with Crippen LogP contribution < -0.4 is 5.32 Å². The minimum atomic E-state index is -4.49. The molecule has 0 radical (unpaired) electrons. The lowest BCUT2D eigenvalue weighted by Crippen LogP contribution is -2.29. The summed E-state index contributed by atoms with van der Waals surface area (Å²) in [4.78, 5) is 13.4. The van der Waals surface area contributed by atoms with Crippen LogP contribution in [-0.2, 0) is 11.0 Å². The van der Waals surface area contributed by atoms with Gasteiger partial charge in [0.15, 0.2) is 0 Å². The zero-order valence-corrected chi connectivity index (χ0v) is 13.4. The summed E-state index contributed by atoms with van der Waals surface area (Å²) in [6.45, 7) is 2.82. The van der Waals surface area contributed by atoms with E-state index in [0.717, 1.165) is 18.9 Å². The molecule has 3 nitrogen and oxygen atoms in total. The number of nitrogens with one attached hydrogen (secondary N) is 1. The van der Waals surface area contributed by atoms with Gasteiger partial charge in [0.05, 0.1) is 5.56 Å². The van der Waals surface area contributed by atoms with Crippen LogP contribution in [0.3, 0.4) is 0 Å². The molecule has 0 aliphatic rings. The molecule has 0 saturated carbocycles. The van der Waals surface area contributed by atoms with Gasteiger partial charge in [-0.05, 0) is 24.6 Å². The van der Waals surface area contributed by atoms with Gasteiger partial charge < -0.3 is 10.2 Å². The first-order chi connectivity index (χ1) is 10.3. The van der Waals surface area contributed by atoms with Crippen LogP contribution in [0.5, 0.6) is 0 Å². The topological polar surface area (TPSA) is 32.3 Å². The van der Waals surface area contributed by atoms with Crippen LogP contribution in [0.2, 0.25) is 5.02 Å². The Morgan fingerprint density at radius 1 is 1.36 bits per heavy atom. The first-order valence-corrected chi connectivity index (χ1v) is 7.48. The standard InChI is InChI=1S/C15H20ClF3N2O/c1-3-4-9-21(2)14(22)7-8-20-13-6-5-11(16)10-12(13)15(17,18)19/h5-6,10,20H,3-4,7-9H2,1-2H3. The van der Waals surface area contributed by atoms with Crippen LogP contribution in [0.15, 0.2) is 18.2 Å². The summed E-state index contributed by atoms with van der Waals surface area (Å²) in [6.07, 6.45) is -2.46. The number of anilines is 1. The lowest BCUT2D eigenvalue weighted by atomic mass is 10.1. The highest BCUT2D eigenvalue weighted by molar-refractivity contribution is 6.30. The molecular formula is C15H20ClF3N2O. The summed E-state index contributed by atoms with van der Waals surface area (Å²) < 4.78 is 38.7. The van der Waals surface area contributed by atoms with E-state index in [4.69, 9.17) is 11.6 Å². The van der Waals surface area contributed by atoms with Gasteiger partial charge in [0.1, 0.15) is 0 Å². The van der Waals surface area contributed by atoms with E-state index >= 15 is 0 Å². The van der Waals surface area contributed by atoms with E-state index in [1.165, 1.54) is 12.1 Å². The summed E-state index contributed by atoms with van der Waals surface area (Å²) in [6, 6.07) is 3.53. The van der Waals surface area contributed by atoms with E-state index in [-0.39, 0.29) is 29.6 Å². The Kier molecular flexibility index (Phi) is 7.00. The molecule has 0 aliphatic carbocycles. The second-order valence-corrected chi connectivity index (χ2v) is 5.47. The smallest absolute Gasteiger partial charge is 0.384 e. The van der Waals surface area contributed by atoms with Crippen molar-refractivity contribution in [2.24, 2.45) is 0 Å². The highest BCUT2D eigenvalue weighted by Gasteiger charge is 2.33. The van der Waals surface area contributed by atoms with Crippen LogP contribution in [0, 0.1) is 0 Å². The molecule has 1 amide bonds. The minimum absolute atomic E-state index is 0.0215. The quantitative estimate of drug-likeness (QED) is 0.799. The molecule has 1 aromatic rings. The molecule has 0 aliphatic heterocycles. The van der Waals surface area contributed by atoms with Crippen LogP contribution in [0.4, 0.5) is 18.9 Å². The second kappa shape index (κ2) is 8.27. The van der Waals surface area contributed by atoms with Crippen molar-refractivity contribution in [1.29, 1.82) is 0 Å². The molecule has 0 spiro atoms. The fraction of sp³-hybridized carbons (Fsp3) is 0.533. The summed E-state index contributed by atoms with van der Waals surface area (Å²) in [5.74, 6) is -0.0940. The molecule has 22 heavy (non-hydrogen) atoms. The molecule has 0 fully saturated rings. The van der Waals surface area contributed by atoms with Gasteiger partial charge in [-0.1, -0.05) is 24.9 Å². The van der Waals surface area contributed by atoms with Crippen LogP contribution in [-0.4, -0.2) is 30.9 Å². The maximum absolute atomic E-state index is 12.9. The van der Waals surface area contributed by atoms with E-state index < -0.39 is 11.7 Å². The first-order valence-electron chi connectivity index (χ1n) is 7.10. The normalized spacial score (nSPS) is 11.4. The zero-order valence-electron chi connectivity index (χ0n) is 12.6. The van der Waals surface area contributed by atoms with Gasteiger partial charge in [-0.15, -0.1) is 0 Å². The lowest BCUT2D eigenvalue weighted by Gasteiger charge is -2.18. The lowest BCUT2D eigenvalue weighted by molar-refractivity contribution is -0.137.